The van der Waals surface area contributed by atoms with Gasteiger partial charge >= 0.3 is 0 Å². The number of carbonyl (C=O) groups is 1. The molecule has 1 aromatic carbocycles. The Bertz CT molecular complexity index is 649. The first-order valence-electron chi connectivity index (χ1n) is 8.37. The van der Waals surface area contributed by atoms with E-state index in [4.69, 9.17) is 10.3 Å². The summed E-state index contributed by atoms with van der Waals surface area (Å²) in [5, 5.41) is 6.60. The molecule has 0 aliphatic heterocycles. The molecule has 2 rings (SSSR count). The SMILES string of the molecule is Cc1noc(CCCC(=O)NCC(N)c2ccc(C(C)C)cc2)n1. The number of nitrogens with one attached hydrogen (secondary N) is 1. The highest BCUT2D eigenvalue weighted by Gasteiger charge is 2.10. The van der Waals surface area contributed by atoms with Gasteiger partial charge in [0.2, 0.25) is 11.8 Å². The normalized spacial score (nSPS) is 12.4. The number of hydrogen-bond acceptors (Lipinski definition) is 5. The highest BCUT2D eigenvalue weighted by Crippen LogP contribution is 2.17. The molecular formula is C18H26N4O2. The zero-order valence-corrected chi connectivity index (χ0v) is 14.6. The van der Waals surface area contributed by atoms with Gasteiger partial charge in [-0.2, -0.15) is 4.98 Å². The van der Waals surface area contributed by atoms with Crippen LogP contribution in [0.2, 0.25) is 0 Å². The van der Waals surface area contributed by atoms with Gasteiger partial charge in [0.25, 0.3) is 0 Å². The highest BCUT2D eigenvalue weighted by molar-refractivity contribution is 5.75. The molecule has 0 bridgehead atoms. The van der Waals surface area contributed by atoms with Gasteiger partial charge in [-0.1, -0.05) is 43.3 Å². The van der Waals surface area contributed by atoms with Gasteiger partial charge in [0.15, 0.2) is 5.82 Å². The van der Waals surface area contributed by atoms with Gasteiger partial charge in [0.05, 0.1) is 0 Å². The average molecular weight is 330 g/mol. The molecule has 1 amide bonds. The molecule has 130 valence electrons. The molecule has 1 atom stereocenters. The Balaban J connectivity index is 1.70. The molecule has 0 radical (unpaired) electrons. The summed E-state index contributed by atoms with van der Waals surface area (Å²) in [6.45, 7) is 6.52. The van der Waals surface area contributed by atoms with Crippen molar-refractivity contribution in [3.05, 3.63) is 47.1 Å². The van der Waals surface area contributed by atoms with Crippen molar-refractivity contribution < 1.29 is 9.32 Å². The van der Waals surface area contributed by atoms with Crippen LogP contribution in [0.1, 0.15) is 61.5 Å². The second-order valence-corrected chi connectivity index (χ2v) is 6.32. The van der Waals surface area contributed by atoms with E-state index in [0.29, 0.717) is 43.4 Å². The van der Waals surface area contributed by atoms with Crippen LogP contribution < -0.4 is 11.1 Å². The van der Waals surface area contributed by atoms with Crippen molar-refractivity contribution in [2.45, 2.75) is 52.0 Å². The van der Waals surface area contributed by atoms with E-state index < -0.39 is 0 Å². The third kappa shape index (κ3) is 5.45. The summed E-state index contributed by atoms with van der Waals surface area (Å²) in [4.78, 5) is 16.0. The second-order valence-electron chi connectivity index (χ2n) is 6.32. The number of carbonyl (C=O) groups excluding carboxylic acids is 1. The van der Waals surface area contributed by atoms with Crippen molar-refractivity contribution in [1.82, 2.24) is 15.5 Å². The molecule has 0 fully saturated rings. The highest BCUT2D eigenvalue weighted by atomic mass is 16.5. The van der Waals surface area contributed by atoms with Crippen LogP contribution in [0.25, 0.3) is 0 Å². The van der Waals surface area contributed by atoms with Gasteiger partial charge in [0, 0.05) is 25.4 Å². The number of nitrogens with two attached hydrogens (primary N) is 1. The maximum atomic E-state index is 11.9. The number of rotatable bonds is 8. The van der Waals surface area contributed by atoms with Crippen molar-refractivity contribution in [3.8, 4) is 0 Å². The van der Waals surface area contributed by atoms with Gasteiger partial charge in [0.1, 0.15) is 0 Å². The number of benzene rings is 1. The third-order valence-electron chi connectivity index (χ3n) is 3.91. The summed E-state index contributed by atoms with van der Waals surface area (Å²) in [6.07, 6.45) is 1.70. The van der Waals surface area contributed by atoms with E-state index in [0.717, 1.165) is 5.56 Å². The van der Waals surface area contributed by atoms with E-state index >= 15 is 0 Å². The second kappa shape index (κ2) is 8.59. The third-order valence-corrected chi connectivity index (χ3v) is 3.91. The molecule has 2 aromatic rings. The topological polar surface area (TPSA) is 94.0 Å². The van der Waals surface area contributed by atoms with E-state index in [1.165, 1.54) is 5.56 Å². The summed E-state index contributed by atoms with van der Waals surface area (Å²) in [5.74, 6) is 1.67. The maximum Gasteiger partial charge on any atom is 0.226 e. The van der Waals surface area contributed by atoms with E-state index in [2.05, 4.69) is 41.4 Å². The lowest BCUT2D eigenvalue weighted by atomic mass is 9.99. The minimum atomic E-state index is -0.200. The summed E-state index contributed by atoms with van der Waals surface area (Å²) in [5.41, 5.74) is 8.46. The summed E-state index contributed by atoms with van der Waals surface area (Å²) in [6, 6.07) is 8.05. The standard InChI is InChI=1S/C18H26N4O2/c1-12(2)14-7-9-15(10-8-14)16(19)11-20-17(23)5-4-6-18-21-13(3)22-24-18/h7-10,12,16H,4-6,11,19H2,1-3H3,(H,20,23). The van der Waals surface area contributed by atoms with Gasteiger partial charge in [-0.15, -0.1) is 0 Å². The van der Waals surface area contributed by atoms with Crippen LogP contribution in [-0.2, 0) is 11.2 Å². The van der Waals surface area contributed by atoms with Gasteiger partial charge < -0.3 is 15.6 Å². The van der Waals surface area contributed by atoms with Crippen LogP contribution in [0.15, 0.2) is 28.8 Å². The van der Waals surface area contributed by atoms with Crippen LogP contribution in [-0.4, -0.2) is 22.6 Å². The van der Waals surface area contributed by atoms with Crippen LogP contribution in [0.3, 0.4) is 0 Å². The number of nitrogens with zero attached hydrogens (tertiary/aromatic N) is 2. The molecule has 0 aliphatic carbocycles. The molecule has 0 saturated carbocycles. The Hall–Kier alpha value is -2.21. The van der Waals surface area contributed by atoms with Crippen LogP contribution in [0.5, 0.6) is 0 Å². The molecule has 1 unspecified atom stereocenters. The first-order chi connectivity index (χ1) is 11.5. The van der Waals surface area contributed by atoms with Crippen LogP contribution in [0.4, 0.5) is 0 Å². The Morgan fingerprint density at radius 3 is 2.50 bits per heavy atom. The lowest BCUT2D eigenvalue weighted by Gasteiger charge is -2.14. The van der Waals surface area contributed by atoms with Crippen molar-refractivity contribution in [3.63, 3.8) is 0 Å². The quantitative estimate of drug-likeness (QED) is 0.776. The number of aryl methyl sites for hydroxylation is 2. The maximum absolute atomic E-state index is 11.9. The largest absolute Gasteiger partial charge is 0.354 e. The monoisotopic (exact) mass is 330 g/mol. The molecule has 1 heterocycles. The van der Waals surface area contributed by atoms with Crippen molar-refractivity contribution in [2.24, 2.45) is 5.73 Å². The molecule has 6 nitrogen and oxygen atoms in total. The predicted molar refractivity (Wildman–Crippen MR) is 92.4 cm³/mol. The average Bonchev–Trinajstić information content (AvgIpc) is 2.98. The predicted octanol–water partition coefficient (Wildman–Crippen LogP) is 2.64. The van der Waals surface area contributed by atoms with Crippen molar-refractivity contribution >= 4 is 5.91 Å². The lowest BCUT2D eigenvalue weighted by Crippen LogP contribution is -2.31. The van der Waals surface area contributed by atoms with Crippen molar-refractivity contribution in [1.29, 1.82) is 0 Å². The first-order valence-corrected chi connectivity index (χ1v) is 8.37. The lowest BCUT2D eigenvalue weighted by molar-refractivity contribution is -0.121. The molecule has 0 spiro atoms. The molecule has 3 N–H and O–H groups in total. The fourth-order valence-corrected chi connectivity index (χ4v) is 2.40. The smallest absolute Gasteiger partial charge is 0.226 e. The Morgan fingerprint density at radius 1 is 1.25 bits per heavy atom. The van der Waals surface area contributed by atoms with E-state index in [1.807, 2.05) is 12.1 Å². The summed E-state index contributed by atoms with van der Waals surface area (Å²) >= 11 is 0. The number of aromatic nitrogens is 2. The molecule has 0 aliphatic rings. The van der Waals surface area contributed by atoms with Crippen molar-refractivity contribution in [2.75, 3.05) is 6.54 Å². The first kappa shape index (κ1) is 18.1. The fourth-order valence-electron chi connectivity index (χ4n) is 2.40. The van der Waals surface area contributed by atoms with E-state index in [9.17, 15) is 4.79 Å². The fraction of sp³-hybridized carbons (Fsp3) is 0.500. The van der Waals surface area contributed by atoms with Gasteiger partial charge in [-0.05, 0) is 30.4 Å². The van der Waals surface area contributed by atoms with E-state index in [-0.39, 0.29) is 11.9 Å². The minimum absolute atomic E-state index is 0.0134. The number of hydrogen-bond donors (Lipinski definition) is 2. The van der Waals surface area contributed by atoms with Crippen LogP contribution in [0, 0.1) is 6.92 Å². The Morgan fingerprint density at radius 2 is 1.92 bits per heavy atom. The molecule has 24 heavy (non-hydrogen) atoms. The minimum Gasteiger partial charge on any atom is -0.354 e. The molecular weight excluding hydrogens is 304 g/mol. The number of amides is 1. The Kier molecular flexibility index (Phi) is 6.49. The zero-order chi connectivity index (χ0) is 17.5. The molecule has 1 aromatic heterocycles. The van der Waals surface area contributed by atoms with E-state index in [1.54, 1.807) is 6.92 Å². The summed E-state index contributed by atoms with van der Waals surface area (Å²) < 4.78 is 5.02. The molecule has 0 saturated heterocycles. The summed E-state index contributed by atoms with van der Waals surface area (Å²) in [7, 11) is 0. The van der Waals surface area contributed by atoms with Gasteiger partial charge in [-0.25, -0.2) is 0 Å². The Labute approximate surface area is 142 Å². The molecule has 6 heteroatoms. The van der Waals surface area contributed by atoms with Crippen LogP contribution >= 0.6 is 0 Å². The zero-order valence-electron chi connectivity index (χ0n) is 14.6. The van der Waals surface area contributed by atoms with Gasteiger partial charge in [-0.3, -0.25) is 4.79 Å².